The van der Waals surface area contributed by atoms with E-state index in [0.29, 0.717) is 30.2 Å². The van der Waals surface area contributed by atoms with Crippen molar-refractivity contribution < 1.29 is 14.3 Å². The van der Waals surface area contributed by atoms with Gasteiger partial charge in [0.05, 0.1) is 23.1 Å². The highest BCUT2D eigenvalue weighted by Gasteiger charge is 2.31. The van der Waals surface area contributed by atoms with Crippen molar-refractivity contribution in [2.24, 2.45) is 0 Å². The molecule has 2 N–H and O–H groups in total. The van der Waals surface area contributed by atoms with Crippen LogP contribution < -0.4 is 5.73 Å². The van der Waals surface area contributed by atoms with Crippen LogP contribution in [0, 0.1) is 0 Å². The van der Waals surface area contributed by atoms with Crippen LogP contribution in [0.15, 0.2) is 30.5 Å². The molecule has 2 fully saturated rings. The number of fused-ring (bicyclic) bond motifs is 1. The zero-order valence-corrected chi connectivity index (χ0v) is 21.1. The van der Waals surface area contributed by atoms with Gasteiger partial charge < -0.3 is 20.3 Å². The van der Waals surface area contributed by atoms with E-state index in [1.54, 1.807) is 11.1 Å². The summed E-state index contributed by atoms with van der Waals surface area (Å²) in [6.45, 7) is 8.35. The number of hydrogen-bond donors (Lipinski definition) is 1. The zero-order chi connectivity index (χ0) is 25.4. The summed E-state index contributed by atoms with van der Waals surface area (Å²) in [5, 5.41) is 13.8. The number of amides is 2. The van der Waals surface area contributed by atoms with Crippen molar-refractivity contribution in [2.75, 3.05) is 31.9 Å². The SMILES string of the molecule is CC(C)(C)OC(=O)N1CCC[C@@H](n2nc(-c3ccc(C(=O)N4CCCC4)cc3)c3c(N)nncc32)C1. The fourth-order valence-electron chi connectivity index (χ4n) is 5.02. The average molecular weight is 492 g/mol. The summed E-state index contributed by atoms with van der Waals surface area (Å²) in [6, 6.07) is 7.45. The smallest absolute Gasteiger partial charge is 0.410 e. The molecule has 2 saturated heterocycles. The predicted molar refractivity (Wildman–Crippen MR) is 136 cm³/mol. The molecule has 2 aliphatic heterocycles. The van der Waals surface area contributed by atoms with E-state index in [0.717, 1.165) is 55.2 Å². The van der Waals surface area contributed by atoms with Gasteiger partial charge in [-0.15, -0.1) is 5.10 Å². The summed E-state index contributed by atoms with van der Waals surface area (Å²) >= 11 is 0. The quantitative estimate of drug-likeness (QED) is 0.590. The molecule has 10 heteroatoms. The van der Waals surface area contributed by atoms with E-state index < -0.39 is 5.60 Å². The molecule has 0 radical (unpaired) electrons. The standard InChI is InChI=1S/C26H33N7O3/c1-26(2,3)36-25(35)32-14-6-7-19(16-32)33-20-15-28-29-23(27)21(20)22(30-33)17-8-10-18(11-9-17)24(34)31-12-4-5-13-31/h8-11,15,19H,4-7,12-14,16H2,1-3H3,(H2,27,29)/t19-/m1/s1. The van der Waals surface area contributed by atoms with Gasteiger partial charge in [0.25, 0.3) is 5.91 Å². The van der Waals surface area contributed by atoms with Gasteiger partial charge in [-0.2, -0.15) is 10.2 Å². The molecule has 2 amide bonds. The Bertz CT molecular complexity index is 1270. The summed E-state index contributed by atoms with van der Waals surface area (Å²) in [7, 11) is 0. The fraction of sp³-hybridized carbons (Fsp3) is 0.500. The molecular formula is C26H33N7O3. The molecule has 1 aromatic carbocycles. The summed E-state index contributed by atoms with van der Waals surface area (Å²) in [6.07, 6.45) is 5.16. The third-order valence-electron chi connectivity index (χ3n) is 6.74. The molecule has 2 aliphatic rings. The lowest BCUT2D eigenvalue weighted by molar-refractivity contribution is 0.0169. The number of nitrogen functional groups attached to an aromatic ring is 1. The maximum atomic E-state index is 12.8. The lowest BCUT2D eigenvalue weighted by Crippen LogP contribution is -2.43. The van der Waals surface area contributed by atoms with E-state index in [9.17, 15) is 9.59 Å². The van der Waals surface area contributed by atoms with Gasteiger partial charge >= 0.3 is 6.09 Å². The van der Waals surface area contributed by atoms with Gasteiger partial charge in [-0.3, -0.25) is 9.48 Å². The van der Waals surface area contributed by atoms with E-state index in [1.165, 1.54) is 0 Å². The Labute approximate surface area is 210 Å². The Morgan fingerprint density at radius 3 is 2.42 bits per heavy atom. The number of aromatic nitrogens is 4. The predicted octanol–water partition coefficient (Wildman–Crippen LogP) is 3.88. The first-order valence-electron chi connectivity index (χ1n) is 12.6. The number of carbonyl (C=O) groups excluding carboxylic acids is 2. The van der Waals surface area contributed by atoms with E-state index in [1.807, 2.05) is 54.6 Å². The normalized spacial score (nSPS) is 18.6. The molecule has 10 nitrogen and oxygen atoms in total. The van der Waals surface area contributed by atoms with Gasteiger partial charge in [-0.25, -0.2) is 4.79 Å². The van der Waals surface area contributed by atoms with Gasteiger partial charge in [0, 0.05) is 37.3 Å². The van der Waals surface area contributed by atoms with Crippen LogP contribution in [0.4, 0.5) is 10.6 Å². The summed E-state index contributed by atoms with van der Waals surface area (Å²) in [5.74, 6) is 0.357. The van der Waals surface area contributed by atoms with Crippen molar-refractivity contribution in [3.63, 3.8) is 0 Å². The molecule has 4 heterocycles. The number of ether oxygens (including phenoxy) is 1. The molecule has 0 bridgehead atoms. The first-order chi connectivity index (χ1) is 17.2. The molecule has 0 spiro atoms. The minimum Gasteiger partial charge on any atom is -0.444 e. The number of piperidine rings is 1. The first kappa shape index (κ1) is 24.0. The highest BCUT2D eigenvalue weighted by Crippen LogP contribution is 2.34. The van der Waals surface area contributed by atoms with E-state index in [2.05, 4.69) is 10.2 Å². The Hall–Kier alpha value is -3.69. The second-order valence-electron chi connectivity index (χ2n) is 10.6. The molecule has 3 aromatic rings. The average Bonchev–Trinajstić information content (AvgIpc) is 3.52. The van der Waals surface area contributed by atoms with E-state index >= 15 is 0 Å². The van der Waals surface area contributed by atoms with Crippen molar-refractivity contribution >= 4 is 28.7 Å². The van der Waals surface area contributed by atoms with Crippen LogP contribution in [-0.4, -0.2) is 73.6 Å². The highest BCUT2D eigenvalue weighted by molar-refractivity contribution is 6.00. The Morgan fingerprint density at radius 1 is 1.03 bits per heavy atom. The second-order valence-corrected chi connectivity index (χ2v) is 10.6. The van der Waals surface area contributed by atoms with Gasteiger partial charge in [0.15, 0.2) is 5.82 Å². The molecule has 5 rings (SSSR count). The van der Waals surface area contributed by atoms with Gasteiger partial charge in [-0.1, -0.05) is 12.1 Å². The number of anilines is 1. The first-order valence-corrected chi connectivity index (χ1v) is 12.6. The molecule has 0 aliphatic carbocycles. The molecule has 0 saturated carbocycles. The van der Waals surface area contributed by atoms with Gasteiger partial charge in [0.2, 0.25) is 0 Å². The minimum absolute atomic E-state index is 0.0536. The third kappa shape index (κ3) is 4.72. The van der Waals surface area contributed by atoms with Gasteiger partial charge in [-0.05, 0) is 58.6 Å². The van der Waals surface area contributed by atoms with Crippen molar-refractivity contribution in [1.29, 1.82) is 0 Å². The Kier molecular flexibility index (Phi) is 6.27. The fourth-order valence-corrected chi connectivity index (χ4v) is 5.02. The number of carbonyl (C=O) groups is 2. The summed E-state index contributed by atoms with van der Waals surface area (Å²) < 4.78 is 7.51. The van der Waals surface area contributed by atoms with Crippen LogP contribution in [0.3, 0.4) is 0 Å². The van der Waals surface area contributed by atoms with Crippen LogP contribution in [0.1, 0.15) is 62.9 Å². The lowest BCUT2D eigenvalue weighted by atomic mass is 10.1. The van der Waals surface area contributed by atoms with Crippen molar-refractivity contribution in [2.45, 2.75) is 58.1 Å². The van der Waals surface area contributed by atoms with Crippen molar-refractivity contribution in [3.05, 3.63) is 36.0 Å². The van der Waals surface area contributed by atoms with E-state index in [4.69, 9.17) is 15.6 Å². The third-order valence-corrected chi connectivity index (χ3v) is 6.74. The summed E-state index contributed by atoms with van der Waals surface area (Å²) in [4.78, 5) is 29.1. The molecule has 2 aromatic heterocycles. The number of nitrogens with zero attached hydrogens (tertiary/aromatic N) is 6. The largest absolute Gasteiger partial charge is 0.444 e. The molecular weight excluding hydrogens is 458 g/mol. The number of rotatable bonds is 3. The molecule has 1 atom stereocenters. The maximum Gasteiger partial charge on any atom is 0.410 e. The number of nitrogens with two attached hydrogens (primary N) is 1. The van der Waals surface area contributed by atoms with Crippen molar-refractivity contribution in [1.82, 2.24) is 29.8 Å². The van der Waals surface area contributed by atoms with Crippen LogP contribution in [0.25, 0.3) is 22.2 Å². The Balaban J connectivity index is 1.45. The summed E-state index contributed by atoms with van der Waals surface area (Å²) in [5.41, 5.74) is 8.68. The highest BCUT2D eigenvalue weighted by atomic mass is 16.6. The zero-order valence-electron chi connectivity index (χ0n) is 21.1. The van der Waals surface area contributed by atoms with Crippen molar-refractivity contribution in [3.8, 4) is 11.3 Å². The molecule has 36 heavy (non-hydrogen) atoms. The number of benzene rings is 1. The number of hydrogen-bond acceptors (Lipinski definition) is 7. The van der Waals surface area contributed by atoms with Crippen LogP contribution in [-0.2, 0) is 4.74 Å². The van der Waals surface area contributed by atoms with E-state index in [-0.39, 0.29) is 18.0 Å². The van der Waals surface area contributed by atoms with Gasteiger partial charge in [0.1, 0.15) is 11.3 Å². The van der Waals surface area contributed by atoms with Crippen LogP contribution in [0.2, 0.25) is 0 Å². The van der Waals surface area contributed by atoms with Crippen LogP contribution >= 0.6 is 0 Å². The molecule has 190 valence electrons. The second kappa shape index (κ2) is 9.40. The monoisotopic (exact) mass is 491 g/mol. The molecule has 0 unspecified atom stereocenters. The van der Waals surface area contributed by atoms with Crippen LogP contribution in [0.5, 0.6) is 0 Å². The Morgan fingerprint density at radius 2 is 1.72 bits per heavy atom. The maximum absolute atomic E-state index is 12.8. The minimum atomic E-state index is -0.554. The number of likely N-dealkylation sites (tertiary alicyclic amines) is 2. The lowest BCUT2D eigenvalue weighted by Gasteiger charge is -2.34. The topological polar surface area (TPSA) is 119 Å².